The third kappa shape index (κ3) is 5.67. The van der Waals surface area contributed by atoms with Crippen molar-refractivity contribution in [3.8, 4) is 0 Å². The lowest BCUT2D eigenvalue weighted by Gasteiger charge is -2.08. The molecule has 3 rings (SSSR count). The minimum absolute atomic E-state index is 0.215. The molecule has 0 radical (unpaired) electrons. The second-order valence-corrected chi connectivity index (χ2v) is 8.59. The molecule has 0 bridgehead atoms. The monoisotopic (exact) mass is 413 g/mol. The standard InChI is InChI=1S/C22H27N3O3S/c1-14-9-10-17(11-15(14)2)21(27)23-13-20(26)24-25-22(28)19-12-16-7-5-3-4-6-8-18(16)29-19/h9-12H,3-8,13H2,1-2H3,(H,23,27)(H,24,26)(H,25,28). The maximum absolute atomic E-state index is 12.4. The molecule has 1 heterocycles. The number of carbonyl (C=O) groups is 3. The number of fused-ring (bicyclic) bond motifs is 1. The van der Waals surface area contributed by atoms with E-state index in [0.717, 1.165) is 36.8 Å². The summed E-state index contributed by atoms with van der Waals surface area (Å²) in [5.41, 5.74) is 8.68. The van der Waals surface area contributed by atoms with Gasteiger partial charge in [0.25, 0.3) is 17.7 Å². The topological polar surface area (TPSA) is 87.3 Å². The molecule has 1 aliphatic rings. The Morgan fingerprint density at radius 3 is 2.41 bits per heavy atom. The molecule has 1 aliphatic carbocycles. The van der Waals surface area contributed by atoms with Crippen LogP contribution in [0.5, 0.6) is 0 Å². The summed E-state index contributed by atoms with van der Waals surface area (Å²) in [6, 6.07) is 7.32. The van der Waals surface area contributed by atoms with Gasteiger partial charge in [-0.1, -0.05) is 18.9 Å². The number of rotatable bonds is 4. The molecule has 0 saturated carbocycles. The molecule has 0 unspecified atom stereocenters. The van der Waals surface area contributed by atoms with Gasteiger partial charge in [0, 0.05) is 10.4 Å². The molecule has 3 N–H and O–H groups in total. The van der Waals surface area contributed by atoms with Gasteiger partial charge >= 0.3 is 0 Å². The molecule has 0 spiro atoms. The molecule has 1 aromatic heterocycles. The van der Waals surface area contributed by atoms with Crippen LogP contribution >= 0.6 is 11.3 Å². The fraction of sp³-hybridized carbons (Fsp3) is 0.409. The Labute approximate surface area is 175 Å². The fourth-order valence-corrected chi connectivity index (χ4v) is 4.48. The molecular weight excluding hydrogens is 386 g/mol. The van der Waals surface area contributed by atoms with Gasteiger partial charge in [-0.05, 0) is 74.4 Å². The minimum Gasteiger partial charge on any atom is -0.343 e. The van der Waals surface area contributed by atoms with Crippen LogP contribution in [-0.2, 0) is 17.6 Å². The Morgan fingerprint density at radius 2 is 1.66 bits per heavy atom. The number of amides is 3. The van der Waals surface area contributed by atoms with Gasteiger partial charge in [-0.25, -0.2) is 0 Å². The lowest BCUT2D eigenvalue weighted by atomic mass is 10.00. The molecule has 154 valence electrons. The van der Waals surface area contributed by atoms with Gasteiger partial charge in [0.2, 0.25) is 0 Å². The quantitative estimate of drug-likeness (QED) is 0.673. The lowest BCUT2D eigenvalue weighted by molar-refractivity contribution is -0.120. The maximum Gasteiger partial charge on any atom is 0.279 e. The Hall–Kier alpha value is -2.67. The van der Waals surface area contributed by atoms with Crippen LogP contribution < -0.4 is 16.2 Å². The van der Waals surface area contributed by atoms with Crippen molar-refractivity contribution in [1.29, 1.82) is 0 Å². The van der Waals surface area contributed by atoms with Crippen molar-refractivity contribution in [3.63, 3.8) is 0 Å². The van der Waals surface area contributed by atoms with E-state index in [1.54, 1.807) is 12.1 Å². The first-order valence-corrected chi connectivity index (χ1v) is 10.8. The van der Waals surface area contributed by atoms with Gasteiger partial charge in [-0.3, -0.25) is 25.2 Å². The van der Waals surface area contributed by atoms with E-state index < -0.39 is 5.91 Å². The summed E-state index contributed by atoms with van der Waals surface area (Å²) >= 11 is 1.50. The first kappa shape index (κ1) is 21.0. The molecule has 0 aliphatic heterocycles. The summed E-state index contributed by atoms with van der Waals surface area (Å²) in [5, 5.41) is 2.56. The molecule has 1 aromatic carbocycles. The highest BCUT2D eigenvalue weighted by atomic mass is 32.1. The summed E-state index contributed by atoms with van der Waals surface area (Å²) in [6.45, 7) is 3.69. The van der Waals surface area contributed by atoms with E-state index in [1.165, 1.54) is 34.6 Å². The summed E-state index contributed by atoms with van der Waals surface area (Å²) in [4.78, 5) is 38.4. The van der Waals surface area contributed by atoms with E-state index in [0.29, 0.717) is 10.4 Å². The molecule has 7 heteroatoms. The zero-order chi connectivity index (χ0) is 20.8. The molecule has 2 aromatic rings. The predicted octanol–water partition coefficient (Wildman–Crippen LogP) is 3.21. The maximum atomic E-state index is 12.4. The third-order valence-electron chi connectivity index (χ3n) is 5.21. The van der Waals surface area contributed by atoms with Crippen LogP contribution in [0.4, 0.5) is 0 Å². The van der Waals surface area contributed by atoms with Crippen LogP contribution in [0.25, 0.3) is 0 Å². The Balaban J connectivity index is 1.47. The number of thiophene rings is 1. The van der Waals surface area contributed by atoms with Gasteiger partial charge in [0.05, 0.1) is 11.4 Å². The second kappa shape index (κ2) is 9.69. The van der Waals surface area contributed by atoms with Gasteiger partial charge < -0.3 is 5.32 Å². The number of hydrogen-bond donors (Lipinski definition) is 3. The largest absolute Gasteiger partial charge is 0.343 e. The highest BCUT2D eigenvalue weighted by Gasteiger charge is 2.16. The average molecular weight is 414 g/mol. The fourth-order valence-electron chi connectivity index (χ4n) is 3.33. The number of carbonyl (C=O) groups excluding carboxylic acids is 3. The molecule has 0 atom stereocenters. The first-order valence-electron chi connectivity index (χ1n) is 10.0. The highest BCUT2D eigenvalue weighted by Crippen LogP contribution is 2.28. The SMILES string of the molecule is Cc1ccc(C(=O)NCC(=O)NNC(=O)c2cc3c(s2)CCCCCC3)cc1C. The number of nitrogens with one attached hydrogen (secondary N) is 3. The van der Waals surface area contributed by atoms with Crippen molar-refractivity contribution in [2.45, 2.75) is 52.4 Å². The average Bonchev–Trinajstić information content (AvgIpc) is 3.08. The summed E-state index contributed by atoms with van der Waals surface area (Å²) in [7, 11) is 0. The Morgan fingerprint density at radius 1 is 0.897 bits per heavy atom. The second-order valence-electron chi connectivity index (χ2n) is 7.46. The van der Waals surface area contributed by atoms with Crippen LogP contribution in [0.3, 0.4) is 0 Å². The Bertz CT molecular complexity index is 895. The lowest BCUT2D eigenvalue weighted by Crippen LogP contribution is -2.46. The van der Waals surface area contributed by atoms with Gasteiger partial charge in [0.1, 0.15) is 0 Å². The van der Waals surface area contributed by atoms with Crippen LogP contribution in [0, 0.1) is 13.8 Å². The zero-order valence-electron chi connectivity index (χ0n) is 16.9. The van der Waals surface area contributed by atoms with Crippen LogP contribution in [0.1, 0.15) is 67.3 Å². The molecule has 3 amide bonds. The zero-order valence-corrected chi connectivity index (χ0v) is 17.7. The van der Waals surface area contributed by atoms with Gasteiger partial charge in [-0.2, -0.15) is 0 Å². The molecule has 0 saturated heterocycles. The summed E-state index contributed by atoms with van der Waals surface area (Å²) < 4.78 is 0. The first-order chi connectivity index (χ1) is 13.9. The van der Waals surface area contributed by atoms with Crippen molar-refractivity contribution >= 4 is 29.1 Å². The normalized spacial score (nSPS) is 13.6. The van der Waals surface area contributed by atoms with Crippen LogP contribution in [-0.4, -0.2) is 24.3 Å². The number of hydrogen-bond acceptors (Lipinski definition) is 4. The third-order valence-corrected chi connectivity index (χ3v) is 6.45. The van der Waals surface area contributed by atoms with E-state index in [9.17, 15) is 14.4 Å². The van der Waals surface area contributed by atoms with Gasteiger partial charge in [0.15, 0.2) is 0 Å². The summed E-state index contributed by atoms with van der Waals surface area (Å²) in [6.07, 6.45) is 6.82. The van der Waals surface area contributed by atoms with Gasteiger partial charge in [-0.15, -0.1) is 11.3 Å². The number of benzene rings is 1. The van der Waals surface area contributed by atoms with Crippen molar-refractivity contribution in [2.24, 2.45) is 0 Å². The van der Waals surface area contributed by atoms with Crippen LogP contribution in [0.15, 0.2) is 24.3 Å². The minimum atomic E-state index is -0.481. The number of hydrazine groups is 1. The Kier molecular flexibility index (Phi) is 7.04. The van der Waals surface area contributed by atoms with Crippen LogP contribution in [0.2, 0.25) is 0 Å². The van der Waals surface area contributed by atoms with E-state index >= 15 is 0 Å². The molecular formula is C22H27N3O3S. The number of aryl methyl sites for hydroxylation is 4. The van der Waals surface area contributed by atoms with Crippen molar-refractivity contribution < 1.29 is 14.4 Å². The van der Waals surface area contributed by atoms with Crippen molar-refractivity contribution in [1.82, 2.24) is 16.2 Å². The van der Waals surface area contributed by atoms with E-state index in [2.05, 4.69) is 16.2 Å². The van der Waals surface area contributed by atoms with Crippen molar-refractivity contribution in [3.05, 3.63) is 56.3 Å². The molecule has 29 heavy (non-hydrogen) atoms. The van der Waals surface area contributed by atoms with E-state index in [-0.39, 0.29) is 18.4 Å². The van der Waals surface area contributed by atoms with E-state index in [4.69, 9.17) is 0 Å². The smallest absolute Gasteiger partial charge is 0.279 e. The highest BCUT2D eigenvalue weighted by molar-refractivity contribution is 7.14. The molecule has 0 fully saturated rings. The van der Waals surface area contributed by atoms with E-state index in [1.807, 2.05) is 26.0 Å². The van der Waals surface area contributed by atoms with Crippen molar-refractivity contribution in [2.75, 3.05) is 6.54 Å². The molecule has 6 nitrogen and oxygen atoms in total. The predicted molar refractivity (Wildman–Crippen MR) is 114 cm³/mol. The summed E-state index contributed by atoms with van der Waals surface area (Å²) in [5.74, 6) is -1.13.